The molecular formula is C17H24. The Bertz CT molecular complexity index is 376. The summed E-state index contributed by atoms with van der Waals surface area (Å²) in [5.41, 5.74) is 3.04. The van der Waals surface area contributed by atoms with E-state index < -0.39 is 0 Å². The normalized spacial score (nSPS) is 11.8. The molecule has 1 aromatic rings. The Morgan fingerprint density at radius 2 is 1.71 bits per heavy atom. The van der Waals surface area contributed by atoms with E-state index >= 15 is 0 Å². The van der Waals surface area contributed by atoms with Crippen LogP contribution < -0.4 is 0 Å². The van der Waals surface area contributed by atoms with Crippen LogP contribution in [-0.2, 0) is 0 Å². The highest BCUT2D eigenvalue weighted by Crippen LogP contribution is 2.27. The third-order valence-corrected chi connectivity index (χ3v) is 2.84. The van der Waals surface area contributed by atoms with Crippen molar-refractivity contribution in [3.8, 4) is 0 Å². The zero-order chi connectivity index (χ0) is 12.7. The van der Waals surface area contributed by atoms with Gasteiger partial charge < -0.3 is 0 Å². The van der Waals surface area contributed by atoms with Crippen molar-refractivity contribution in [2.45, 2.75) is 40.5 Å². The van der Waals surface area contributed by atoms with E-state index in [1.807, 2.05) is 0 Å². The summed E-state index contributed by atoms with van der Waals surface area (Å²) in [5, 5.41) is 0. The second-order valence-corrected chi connectivity index (χ2v) is 5.67. The van der Waals surface area contributed by atoms with Gasteiger partial charge in [0, 0.05) is 0 Å². The second kappa shape index (κ2) is 6.44. The molecule has 0 atom stereocenters. The first-order valence-corrected chi connectivity index (χ1v) is 6.34. The van der Waals surface area contributed by atoms with Crippen LogP contribution in [0, 0.1) is 5.41 Å². The summed E-state index contributed by atoms with van der Waals surface area (Å²) in [6.07, 6.45) is 9.09. The van der Waals surface area contributed by atoms with Crippen molar-refractivity contribution in [1.29, 1.82) is 0 Å². The van der Waals surface area contributed by atoms with Gasteiger partial charge >= 0.3 is 0 Å². The Morgan fingerprint density at radius 1 is 1.06 bits per heavy atom. The molecule has 0 radical (unpaired) electrons. The van der Waals surface area contributed by atoms with Crippen molar-refractivity contribution in [2.75, 3.05) is 0 Å². The predicted molar refractivity (Wildman–Crippen MR) is 77.9 cm³/mol. The van der Waals surface area contributed by atoms with E-state index in [0.29, 0.717) is 5.41 Å². The van der Waals surface area contributed by atoms with Gasteiger partial charge in [-0.2, -0.15) is 0 Å². The minimum Gasteiger partial charge on any atom is -0.0853 e. The maximum Gasteiger partial charge on any atom is -0.0260 e. The van der Waals surface area contributed by atoms with Crippen LogP contribution in [0.2, 0.25) is 0 Å². The van der Waals surface area contributed by atoms with Crippen LogP contribution in [0.25, 0.3) is 6.08 Å². The fraction of sp³-hybridized carbons (Fsp3) is 0.412. The predicted octanol–water partition coefficient (Wildman–Crippen LogP) is 5.47. The zero-order valence-corrected chi connectivity index (χ0v) is 11.5. The van der Waals surface area contributed by atoms with Gasteiger partial charge in [0.05, 0.1) is 0 Å². The smallest absolute Gasteiger partial charge is 0.0260 e. The molecule has 0 aliphatic carbocycles. The molecule has 0 nitrogen and oxygen atoms in total. The Hall–Kier alpha value is -1.30. The highest BCUT2D eigenvalue weighted by Gasteiger charge is 2.13. The minimum atomic E-state index is 0.350. The highest BCUT2D eigenvalue weighted by molar-refractivity contribution is 5.48. The third-order valence-electron chi connectivity index (χ3n) is 2.84. The molecule has 0 spiro atoms. The maximum absolute atomic E-state index is 2.33. The average molecular weight is 228 g/mol. The molecular weight excluding hydrogens is 204 g/mol. The number of allylic oxidation sites excluding steroid dienone is 3. The number of benzene rings is 1. The highest BCUT2D eigenvalue weighted by atomic mass is 14.2. The van der Waals surface area contributed by atoms with Gasteiger partial charge in [-0.15, -0.1) is 0 Å². The lowest BCUT2D eigenvalue weighted by Crippen LogP contribution is -2.08. The lowest BCUT2D eigenvalue weighted by molar-refractivity contribution is 0.377. The molecule has 0 aromatic heterocycles. The van der Waals surface area contributed by atoms with E-state index in [1.54, 1.807) is 0 Å². The Kier molecular flexibility index (Phi) is 5.21. The lowest BCUT2D eigenvalue weighted by atomic mass is 9.85. The Balaban J connectivity index is 2.49. The van der Waals surface area contributed by atoms with Gasteiger partial charge in [-0.05, 0) is 37.7 Å². The molecule has 1 aromatic carbocycles. The Morgan fingerprint density at radius 3 is 2.29 bits per heavy atom. The van der Waals surface area contributed by atoms with E-state index in [-0.39, 0.29) is 0 Å². The van der Waals surface area contributed by atoms with Gasteiger partial charge in [0.2, 0.25) is 0 Å². The summed E-state index contributed by atoms with van der Waals surface area (Å²) >= 11 is 0. The lowest BCUT2D eigenvalue weighted by Gasteiger charge is -2.21. The molecule has 0 bridgehead atoms. The first-order chi connectivity index (χ1) is 7.99. The molecule has 17 heavy (non-hydrogen) atoms. The molecule has 0 saturated heterocycles. The van der Waals surface area contributed by atoms with Gasteiger partial charge in [-0.3, -0.25) is 0 Å². The number of rotatable bonds is 5. The largest absolute Gasteiger partial charge is 0.0853 e. The first kappa shape index (κ1) is 13.8. The third kappa shape index (κ3) is 6.11. The van der Waals surface area contributed by atoms with Crippen LogP contribution in [0.15, 0.2) is 48.1 Å². The molecule has 0 amide bonds. The van der Waals surface area contributed by atoms with E-state index in [9.17, 15) is 0 Å². The van der Waals surface area contributed by atoms with Crippen molar-refractivity contribution < 1.29 is 0 Å². The van der Waals surface area contributed by atoms with E-state index in [2.05, 4.69) is 76.3 Å². The van der Waals surface area contributed by atoms with Gasteiger partial charge in [-0.25, -0.2) is 0 Å². The summed E-state index contributed by atoms with van der Waals surface area (Å²) in [6.45, 7) is 8.97. The summed E-state index contributed by atoms with van der Waals surface area (Å²) < 4.78 is 0. The van der Waals surface area contributed by atoms with Gasteiger partial charge in [0.1, 0.15) is 0 Å². The van der Waals surface area contributed by atoms with Crippen molar-refractivity contribution in [2.24, 2.45) is 5.41 Å². The average Bonchev–Trinajstić information content (AvgIpc) is 2.28. The molecule has 0 fully saturated rings. The maximum atomic E-state index is 2.33. The SMILES string of the molecule is CC(C)=CCC(C)(C)C/C=C/c1ccccc1. The van der Waals surface area contributed by atoms with Crippen molar-refractivity contribution in [1.82, 2.24) is 0 Å². The summed E-state index contributed by atoms with van der Waals surface area (Å²) in [7, 11) is 0. The van der Waals surface area contributed by atoms with Crippen LogP contribution in [0.5, 0.6) is 0 Å². The molecule has 1 rings (SSSR count). The summed E-state index contributed by atoms with van der Waals surface area (Å²) in [6, 6.07) is 10.5. The molecule has 0 heterocycles. The molecule has 0 aliphatic heterocycles. The van der Waals surface area contributed by atoms with Crippen LogP contribution in [0.1, 0.15) is 46.1 Å². The first-order valence-electron chi connectivity index (χ1n) is 6.34. The molecule has 0 N–H and O–H groups in total. The van der Waals surface area contributed by atoms with Gasteiger partial charge in [0.25, 0.3) is 0 Å². The molecule has 0 saturated carbocycles. The number of hydrogen-bond donors (Lipinski definition) is 0. The van der Waals surface area contributed by atoms with Gasteiger partial charge in [0.15, 0.2) is 0 Å². The van der Waals surface area contributed by atoms with E-state index in [0.717, 1.165) is 12.8 Å². The molecule has 0 unspecified atom stereocenters. The fourth-order valence-corrected chi connectivity index (χ4v) is 1.64. The monoisotopic (exact) mass is 228 g/mol. The topological polar surface area (TPSA) is 0 Å². The van der Waals surface area contributed by atoms with Crippen LogP contribution in [0.4, 0.5) is 0 Å². The van der Waals surface area contributed by atoms with Crippen LogP contribution in [-0.4, -0.2) is 0 Å². The molecule has 0 heteroatoms. The second-order valence-electron chi connectivity index (χ2n) is 5.67. The molecule has 92 valence electrons. The van der Waals surface area contributed by atoms with E-state index in [4.69, 9.17) is 0 Å². The fourth-order valence-electron chi connectivity index (χ4n) is 1.64. The van der Waals surface area contributed by atoms with Crippen LogP contribution in [0.3, 0.4) is 0 Å². The molecule has 0 aliphatic rings. The zero-order valence-electron chi connectivity index (χ0n) is 11.5. The standard InChI is InChI=1S/C17H24/c1-15(2)12-14-17(3,4)13-8-11-16-9-6-5-7-10-16/h5-12H,13-14H2,1-4H3/b11-8+. The van der Waals surface area contributed by atoms with Crippen molar-refractivity contribution in [3.63, 3.8) is 0 Å². The summed E-state index contributed by atoms with van der Waals surface area (Å²) in [4.78, 5) is 0. The van der Waals surface area contributed by atoms with Crippen molar-refractivity contribution >= 4 is 6.08 Å². The quantitative estimate of drug-likeness (QED) is 0.586. The van der Waals surface area contributed by atoms with Gasteiger partial charge in [-0.1, -0.05) is 68.0 Å². The minimum absolute atomic E-state index is 0.350. The van der Waals surface area contributed by atoms with Crippen LogP contribution >= 0.6 is 0 Å². The number of hydrogen-bond acceptors (Lipinski definition) is 0. The van der Waals surface area contributed by atoms with E-state index in [1.165, 1.54) is 11.1 Å². The van der Waals surface area contributed by atoms with Crippen molar-refractivity contribution in [3.05, 3.63) is 53.6 Å². The Labute approximate surface area is 106 Å². The summed E-state index contributed by atoms with van der Waals surface area (Å²) in [5.74, 6) is 0.